The molecule has 4 rings (SSSR count). The van der Waals surface area contributed by atoms with E-state index in [0.717, 1.165) is 26.8 Å². The molecule has 0 radical (unpaired) electrons. The summed E-state index contributed by atoms with van der Waals surface area (Å²) < 4.78 is 0.792. The number of hydrogen-bond acceptors (Lipinski definition) is 6. The van der Waals surface area contributed by atoms with Crippen molar-refractivity contribution >= 4 is 45.2 Å². The molecular weight excluding hydrogens is 366 g/mol. The fourth-order valence-corrected chi connectivity index (χ4v) is 4.11. The van der Waals surface area contributed by atoms with Crippen molar-refractivity contribution in [3.05, 3.63) is 66.0 Å². The zero-order valence-corrected chi connectivity index (χ0v) is 15.3. The molecule has 2 heterocycles. The first-order valence-electron chi connectivity index (χ1n) is 8.00. The number of benzene rings is 2. The third kappa shape index (κ3) is 4.09. The summed E-state index contributed by atoms with van der Waals surface area (Å²) in [7, 11) is 0. The van der Waals surface area contributed by atoms with E-state index in [4.69, 9.17) is 0 Å². The molecule has 0 aliphatic carbocycles. The third-order valence-electron chi connectivity index (χ3n) is 3.63. The van der Waals surface area contributed by atoms with E-state index in [2.05, 4.69) is 25.5 Å². The lowest BCUT2D eigenvalue weighted by Gasteiger charge is -2.00. The highest BCUT2D eigenvalue weighted by atomic mass is 32.2. The molecule has 8 heteroatoms. The normalized spacial score (nSPS) is 10.9. The monoisotopic (exact) mass is 381 g/mol. The Bertz CT molecular complexity index is 995. The Morgan fingerprint density at radius 1 is 1.08 bits per heavy atom. The zero-order valence-electron chi connectivity index (χ0n) is 13.7. The number of H-pyrrole nitrogens is 1. The van der Waals surface area contributed by atoms with Gasteiger partial charge in [-0.05, 0) is 17.7 Å². The van der Waals surface area contributed by atoms with Crippen LogP contribution in [-0.2, 0) is 17.0 Å². The van der Waals surface area contributed by atoms with Crippen LogP contribution < -0.4 is 5.32 Å². The highest BCUT2D eigenvalue weighted by Gasteiger charge is 2.10. The van der Waals surface area contributed by atoms with Crippen molar-refractivity contribution in [3.63, 3.8) is 0 Å². The van der Waals surface area contributed by atoms with Gasteiger partial charge >= 0.3 is 0 Å². The van der Waals surface area contributed by atoms with Gasteiger partial charge in [0.2, 0.25) is 11.0 Å². The van der Waals surface area contributed by atoms with Gasteiger partial charge in [0.05, 0.1) is 23.2 Å². The number of thioether (sulfide) groups is 1. The van der Waals surface area contributed by atoms with E-state index in [1.807, 2.05) is 54.6 Å². The van der Waals surface area contributed by atoms with Crippen molar-refractivity contribution in [2.24, 2.45) is 0 Å². The standard InChI is InChI=1S/C18H15N5OS2/c24-16(10-12-6-2-1-3-7-12)21-17-22-23-18(26-17)25-11-15-19-13-8-4-5-9-14(13)20-15/h1-9H,10-11H2,(H,19,20)(H,21,22,24). The second-order valence-electron chi connectivity index (χ2n) is 5.57. The summed E-state index contributed by atoms with van der Waals surface area (Å²) in [5.74, 6) is 1.46. The minimum Gasteiger partial charge on any atom is -0.341 e. The van der Waals surface area contributed by atoms with Gasteiger partial charge in [-0.15, -0.1) is 10.2 Å². The number of carbonyl (C=O) groups is 1. The van der Waals surface area contributed by atoms with Gasteiger partial charge in [0.25, 0.3) is 0 Å². The lowest BCUT2D eigenvalue weighted by Crippen LogP contribution is -2.14. The van der Waals surface area contributed by atoms with Gasteiger partial charge in [0.1, 0.15) is 5.82 Å². The average molecular weight is 381 g/mol. The van der Waals surface area contributed by atoms with E-state index >= 15 is 0 Å². The third-order valence-corrected chi connectivity index (χ3v) is 5.61. The molecule has 0 unspecified atom stereocenters. The molecule has 2 aromatic heterocycles. The van der Waals surface area contributed by atoms with Crippen molar-refractivity contribution < 1.29 is 4.79 Å². The first-order valence-corrected chi connectivity index (χ1v) is 9.80. The Kier molecular flexibility index (Phi) is 4.94. The van der Waals surface area contributed by atoms with Crippen LogP contribution in [-0.4, -0.2) is 26.1 Å². The zero-order chi connectivity index (χ0) is 17.8. The fourth-order valence-electron chi connectivity index (χ4n) is 2.47. The summed E-state index contributed by atoms with van der Waals surface area (Å²) in [6.45, 7) is 0. The van der Waals surface area contributed by atoms with Gasteiger partial charge in [-0.3, -0.25) is 4.79 Å². The van der Waals surface area contributed by atoms with E-state index in [0.29, 0.717) is 17.3 Å². The number of carbonyl (C=O) groups excluding carboxylic acids is 1. The summed E-state index contributed by atoms with van der Waals surface area (Å²) in [5, 5.41) is 11.5. The number of fused-ring (bicyclic) bond motifs is 1. The number of hydrogen-bond donors (Lipinski definition) is 2. The molecule has 0 bridgehead atoms. The van der Waals surface area contributed by atoms with E-state index in [1.54, 1.807) is 11.8 Å². The van der Waals surface area contributed by atoms with Crippen LogP contribution in [0.5, 0.6) is 0 Å². The fraction of sp³-hybridized carbons (Fsp3) is 0.111. The number of anilines is 1. The number of imidazole rings is 1. The topological polar surface area (TPSA) is 83.6 Å². The SMILES string of the molecule is O=C(Cc1ccccc1)Nc1nnc(SCc2nc3ccccc3[nH]2)s1. The van der Waals surface area contributed by atoms with Gasteiger partial charge in [0.15, 0.2) is 4.34 Å². The Morgan fingerprint density at radius 3 is 2.73 bits per heavy atom. The second kappa shape index (κ2) is 7.67. The molecule has 0 saturated heterocycles. The number of nitrogens with one attached hydrogen (secondary N) is 2. The molecule has 0 atom stereocenters. The molecule has 4 aromatic rings. The average Bonchev–Trinajstić information content (AvgIpc) is 3.26. The summed E-state index contributed by atoms with van der Waals surface area (Å²) in [5.41, 5.74) is 2.94. The van der Waals surface area contributed by atoms with Crippen molar-refractivity contribution in [3.8, 4) is 0 Å². The van der Waals surface area contributed by atoms with Gasteiger partial charge in [-0.25, -0.2) is 4.98 Å². The maximum atomic E-state index is 12.1. The van der Waals surface area contributed by atoms with Gasteiger partial charge < -0.3 is 10.3 Å². The summed E-state index contributed by atoms with van der Waals surface area (Å²) in [6.07, 6.45) is 0.321. The van der Waals surface area contributed by atoms with Crippen molar-refractivity contribution in [1.29, 1.82) is 0 Å². The van der Waals surface area contributed by atoms with Crippen LogP contribution in [0.2, 0.25) is 0 Å². The smallest absolute Gasteiger partial charge is 0.230 e. The Labute approximate surface area is 158 Å². The van der Waals surface area contributed by atoms with Crippen LogP contribution in [0, 0.1) is 0 Å². The number of nitrogens with zero attached hydrogens (tertiary/aromatic N) is 3. The van der Waals surface area contributed by atoms with Gasteiger partial charge in [-0.1, -0.05) is 65.6 Å². The molecule has 0 spiro atoms. The maximum Gasteiger partial charge on any atom is 0.230 e. The summed E-state index contributed by atoms with van der Waals surface area (Å²) >= 11 is 2.91. The van der Waals surface area contributed by atoms with Crippen molar-refractivity contribution in [1.82, 2.24) is 20.2 Å². The quantitative estimate of drug-likeness (QED) is 0.391. The summed E-state index contributed by atoms with van der Waals surface area (Å²) in [6, 6.07) is 17.5. The van der Waals surface area contributed by atoms with Gasteiger partial charge in [-0.2, -0.15) is 0 Å². The molecule has 0 fully saturated rings. The number of rotatable bonds is 6. The van der Waals surface area contributed by atoms with E-state index < -0.39 is 0 Å². The predicted octanol–water partition coefficient (Wildman–Crippen LogP) is 3.89. The molecule has 0 aliphatic heterocycles. The molecule has 1 amide bonds. The van der Waals surface area contributed by atoms with Crippen LogP contribution >= 0.6 is 23.1 Å². The Balaban J connectivity index is 1.33. The Hall–Kier alpha value is -2.71. The molecule has 6 nitrogen and oxygen atoms in total. The second-order valence-corrected chi connectivity index (χ2v) is 7.77. The minimum atomic E-state index is -0.0961. The predicted molar refractivity (Wildman–Crippen MR) is 104 cm³/mol. The number of aromatic amines is 1. The summed E-state index contributed by atoms with van der Waals surface area (Å²) in [4.78, 5) is 19.9. The molecule has 26 heavy (non-hydrogen) atoms. The van der Waals surface area contributed by atoms with E-state index in [1.165, 1.54) is 11.3 Å². The first-order chi connectivity index (χ1) is 12.8. The number of para-hydroxylation sites is 2. The van der Waals surface area contributed by atoms with Crippen LogP contribution in [0.25, 0.3) is 11.0 Å². The highest BCUT2D eigenvalue weighted by molar-refractivity contribution is 8.00. The van der Waals surface area contributed by atoms with E-state index in [9.17, 15) is 4.79 Å². The lowest BCUT2D eigenvalue weighted by molar-refractivity contribution is -0.115. The van der Waals surface area contributed by atoms with Crippen molar-refractivity contribution in [2.45, 2.75) is 16.5 Å². The first kappa shape index (κ1) is 16.7. The number of aromatic nitrogens is 4. The maximum absolute atomic E-state index is 12.1. The van der Waals surface area contributed by atoms with Gasteiger partial charge in [0, 0.05) is 0 Å². The minimum absolute atomic E-state index is 0.0961. The highest BCUT2D eigenvalue weighted by Crippen LogP contribution is 2.28. The lowest BCUT2D eigenvalue weighted by atomic mass is 10.1. The largest absolute Gasteiger partial charge is 0.341 e. The molecular formula is C18H15N5OS2. The molecule has 0 saturated carbocycles. The molecule has 0 aliphatic rings. The van der Waals surface area contributed by atoms with Crippen LogP contribution in [0.15, 0.2) is 58.9 Å². The van der Waals surface area contributed by atoms with Crippen LogP contribution in [0.4, 0.5) is 5.13 Å². The van der Waals surface area contributed by atoms with Crippen LogP contribution in [0.1, 0.15) is 11.4 Å². The van der Waals surface area contributed by atoms with Crippen molar-refractivity contribution in [2.75, 3.05) is 5.32 Å². The molecule has 130 valence electrons. The molecule has 2 N–H and O–H groups in total. The van der Waals surface area contributed by atoms with E-state index in [-0.39, 0.29) is 5.91 Å². The number of amides is 1. The molecule has 2 aromatic carbocycles. The Morgan fingerprint density at radius 2 is 1.88 bits per heavy atom. The van der Waals surface area contributed by atoms with Crippen LogP contribution in [0.3, 0.4) is 0 Å².